The monoisotopic (exact) mass is 411 g/mol. The van der Waals surface area contributed by atoms with Crippen LogP contribution in [0, 0.1) is 0 Å². The fourth-order valence-electron chi connectivity index (χ4n) is 3.40. The van der Waals surface area contributed by atoms with Crippen molar-refractivity contribution in [1.29, 1.82) is 0 Å². The van der Waals surface area contributed by atoms with Gasteiger partial charge in [-0.1, -0.05) is 37.3 Å². The predicted molar refractivity (Wildman–Crippen MR) is 125 cm³/mol. The van der Waals surface area contributed by atoms with Crippen LogP contribution in [-0.4, -0.2) is 30.2 Å². The van der Waals surface area contributed by atoms with Crippen molar-refractivity contribution in [3.63, 3.8) is 0 Å². The highest BCUT2D eigenvalue weighted by atomic mass is 16.5. The molecular weight excluding hydrogens is 386 g/mol. The minimum Gasteiger partial charge on any atom is -0.493 e. The average molecular weight is 412 g/mol. The molecule has 0 amide bonds. The first-order valence-electron chi connectivity index (χ1n) is 10.2. The quantitative estimate of drug-likeness (QED) is 0.357. The molecule has 0 aliphatic heterocycles. The lowest BCUT2D eigenvalue weighted by Crippen LogP contribution is -1.95. The fourth-order valence-corrected chi connectivity index (χ4v) is 3.40. The van der Waals surface area contributed by atoms with E-state index in [2.05, 4.69) is 19.1 Å². The standard InChI is InChI=1S/C26H25N3O2/c1-4-19-9-8-10-22(15-19)27-17-21-18-29(23-11-6-5-7-12-23)28-26(21)20-13-14-24(30-2)25(16-20)31-3/h5-18H,4H2,1-3H3. The Hall–Kier alpha value is -3.86. The number of para-hydroxylation sites is 1. The largest absolute Gasteiger partial charge is 0.493 e. The molecule has 0 bridgehead atoms. The van der Waals surface area contributed by atoms with E-state index < -0.39 is 0 Å². The van der Waals surface area contributed by atoms with E-state index in [1.807, 2.05) is 77.8 Å². The van der Waals surface area contributed by atoms with Crippen molar-refractivity contribution in [2.75, 3.05) is 14.2 Å². The molecule has 31 heavy (non-hydrogen) atoms. The highest BCUT2D eigenvalue weighted by Gasteiger charge is 2.14. The number of benzene rings is 3. The minimum absolute atomic E-state index is 0.660. The number of hydrogen-bond acceptors (Lipinski definition) is 4. The Bertz CT molecular complexity index is 1200. The Morgan fingerprint density at radius 1 is 0.903 bits per heavy atom. The molecule has 0 aliphatic rings. The van der Waals surface area contributed by atoms with Crippen LogP contribution >= 0.6 is 0 Å². The molecule has 0 N–H and O–H groups in total. The number of ether oxygens (including phenoxy) is 2. The third-order valence-corrected chi connectivity index (χ3v) is 5.09. The van der Waals surface area contributed by atoms with Gasteiger partial charge in [0.2, 0.25) is 0 Å². The summed E-state index contributed by atoms with van der Waals surface area (Å²) in [6.45, 7) is 2.14. The molecule has 0 aliphatic carbocycles. The van der Waals surface area contributed by atoms with Gasteiger partial charge in [-0.2, -0.15) is 5.10 Å². The van der Waals surface area contributed by atoms with Crippen LogP contribution in [0.15, 0.2) is 84.0 Å². The van der Waals surface area contributed by atoms with Crippen LogP contribution in [0.25, 0.3) is 16.9 Å². The zero-order valence-corrected chi connectivity index (χ0v) is 17.9. The van der Waals surface area contributed by atoms with E-state index in [0.29, 0.717) is 11.5 Å². The third-order valence-electron chi connectivity index (χ3n) is 5.09. The number of aliphatic imine (C=N–C) groups is 1. The van der Waals surface area contributed by atoms with Crippen LogP contribution in [0.3, 0.4) is 0 Å². The zero-order chi connectivity index (χ0) is 21.6. The first-order chi connectivity index (χ1) is 15.2. The van der Waals surface area contributed by atoms with Crippen molar-refractivity contribution >= 4 is 11.9 Å². The Labute approximate surface area is 182 Å². The maximum absolute atomic E-state index is 5.49. The Morgan fingerprint density at radius 3 is 2.45 bits per heavy atom. The Kier molecular flexibility index (Phi) is 6.13. The summed E-state index contributed by atoms with van der Waals surface area (Å²) in [5.41, 5.74) is 5.82. The molecule has 4 rings (SSSR count). The van der Waals surface area contributed by atoms with Gasteiger partial charge in [0.05, 0.1) is 25.6 Å². The van der Waals surface area contributed by atoms with Gasteiger partial charge in [-0.3, -0.25) is 4.99 Å². The molecule has 0 spiro atoms. The smallest absolute Gasteiger partial charge is 0.161 e. The SMILES string of the molecule is CCc1cccc(N=Cc2cn(-c3ccccc3)nc2-c2ccc(OC)c(OC)c2)c1. The summed E-state index contributed by atoms with van der Waals surface area (Å²) < 4.78 is 12.7. The van der Waals surface area contributed by atoms with Gasteiger partial charge in [0, 0.05) is 23.5 Å². The van der Waals surface area contributed by atoms with Crippen LogP contribution < -0.4 is 9.47 Å². The van der Waals surface area contributed by atoms with Gasteiger partial charge in [-0.05, 0) is 54.4 Å². The molecule has 0 saturated heterocycles. The van der Waals surface area contributed by atoms with Crippen LogP contribution in [0.2, 0.25) is 0 Å². The van der Waals surface area contributed by atoms with Crippen molar-refractivity contribution < 1.29 is 9.47 Å². The molecule has 5 nitrogen and oxygen atoms in total. The molecule has 0 unspecified atom stereocenters. The summed E-state index contributed by atoms with van der Waals surface area (Å²) >= 11 is 0. The van der Waals surface area contributed by atoms with Crippen molar-refractivity contribution in [1.82, 2.24) is 9.78 Å². The first-order valence-corrected chi connectivity index (χ1v) is 10.2. The average Bonchev–Trinajstić information content (AvgIpc) is 3.27. The maximum atomic E-state index is 5.49. The zero-order valence-electron chi connectivity index (χ0n) is 17.9. The molecule has 156 valence electrons. The first kappa shape index (κ1) is 20.4. The van der Waals surface area contributed by atoms with Crippen molar-refractivity contribution in [2.45, 2.75) is 13.3 Å². The van der Waals surface area contributed by atoms with Gasteiger partial charge < -0.3 is 9.47 Å². The highest BCUT2D eigenvalue weighted by Crippen LogP contribution is 2.33. The number of aromatic nitrogens is 2. The van der Waals surface area contributed by atoms with Crippen LogP contribution in [0.5, 0.6) is 11.5 Å². The fraction of sp³-hybridized carbons (Fsp3) is 0.154. The Morgan fingerprint density at radius 2 is 1.71 bits per heavy atom. The van der Waals surface area contributed by atoms with E-state index >= 15 is 0 Å². The maximum Gasteiger partial charge on any atom is 0.161 e. The molecule has 0 atom stereocenters. The lowest BCUT2D eigenvalue weighted by molar-refractivity contribution is 0.355. The third kappa shape index (κ3) is 4.51. The van der Waals surface area contributed by atoms with Crippen molar-refractivity contribution in [2.24, 2.45) is 4.99 Å². The molecule has 0 fully saturated rings. The van der Waals surface area contributed by atoms with Gasteiger partial charge in [0.25, 0.3) is 0 Å². The summed E-state index contributed by atoms with van der Waals surface area (Å²) in [6.07, 6.45) is 4.84. The summed E-state index contributed by atoms with van der Waals surface area (Å²) in [7, 11) is 3.26. The summed E-state index contributed by atoms with van der Waals surface area (Å²) in [4.78, 5) is 4.72. The summed E-state index contributed by atoms with van der Waals surface area (Å²) in [5, 5.41) is 4.86. The van der Waals surface area contributed by atoms with Gasteiger partial charge in [0.1, 0.15) is 5.69 Å². The molecular formula is C26H25N3O2. The lowest BCUT2D eigenvalue weighted by atomic mass is 10.1. The van der Waals surface area contributed by atoms with Gasteiger partial charge in [0.15, 0.2) is 11.5 Å². The van der Waals surface area contributed by atoms with Gasteiger partial charge in [-0.25, -0.2) is 4.68 Å². The van der Waals surface area contributed by atoms with E-state index in [1.54, 1.807) is 14.2 Å². The summed E-state index contributed by atoms with van der Waals surface area (Å²) in [5.74, 6) is 1.34. The molecule has 0 saturated carbocycles. The van der Waals surface area contributed by atoms with Crippen LogP contribution in [-0.2, 0) is 6.42 Å². The number of aryl methyl sites for hydroxylation is 1. The van der Waals surface area contributed by atoms with Gasteiger partial charge >= 0.3 is 0 Å². The number of hydrogen-bond donors (Lipinski definition) is 0. The normalized spacial score (nSPS) is 11.1. The van der Waals surface area contributed by atoms with E-state index in [-0.39, 0.29) is 0 Å². The van der Waals surface area contributed by atoms with Crippen LogP contribution in [0.1, 0.15) is 18.1 Å². The predicted octanol–water partition coefficient (Wildman–Crippen LogP) is 5.87. The number of rotatable bonds is 7. The second kappa shape index (κ2) is 9.30. The molecule has 1 aromatic heterocycles. The van der Waals surface area contributed by atoms with Crippen LogP contribution in [0.4, 0.5) is 5.69 Å². The second-order valence-electron chi connectivity index (χ2n) is 7.06. The van der Waals surface area contributed by atoms with Crippen molar-refractivity contribution in [3.05, 3.63) is 90.1 Å². The second-order valence-corrected chi connectivity index (χ2v) is 7.06. The molecule has 5 heteroatoms. The van der Waals surface area contributed by atoms with E-state index in [1.165, 1.54) is 5.56 Å². The van der Waals surface area contributed by atoms with E-state index in [9.17, 15) is 0 Å². The van der Waals surface area contributed by atoms with Gasteiger partial charge in [-0.15, -0.1) is 0 Å². The number of methoxy groups -OCH3 is 2. The number of nitrogens with zero attached hydrogens (tertiary/aromatic N) is 3. The minimum atomic E-state index is 0.660. The van der Waals surface area contributed by atoms with E-state index in [0.717, 1.165) is 34.6 Å². The Balaban J connectivity index is 1.79. The molecule has 4 aromatic rings. The molecule has 0 radical (unpaired) electrons. The highest BCUT2D eigenvalue weighted by molar-refractivity contribution is 5.90. The van der Waals surface area contributed by atoms with E-state index in [4.69, 9.17) is 19.6 Å². The van der Waals surface area contributed by atoms with Crippen molar-refractivity contribution in [3.8, 4) is 28.4 Å². The lowest BCUT2D eigenvalue weighted by Gasteiger charge is -2.09. The topological polar surface area (TPSA) is 48.6 Å². The summed E-state index contributed by atoms with van der Waals surface area (Å²) in [6, 6.07) is 24.1. The molecule has 3 aromatic carbocycles. The molecule has 1 heterocycles.